The summed E-state index contributed by atoms with van der Waals surface area (Å²) in [6.45, 7) is -0.437. The number of thiophene rings is 1. The number of rotatable bonds is 11. The van der Waals surface area contributed by atoms with Crippen molar-refractivity contribution in [3.05, 3.63) is 58.5 Å². The van der Waals surface area contributed by atoms with Crippen LogP contribution in [0.25, 0.3) is 0 Å². The van der Waals surface area contributed by atoms with Gasteiger partial charge >= 0.3 is 0 Å². The Balaban J connectivity index is 1.65. The van der Waals surface area contributed by atoms with Gasteiger partial charge in [0.2, 0.25) is 16.3 Å². The fourth-order valence-corrected chi connectivity index (χ4v) is 5.43. The number of carbonyl (C=O) groups is 1. The predicted octanol–water partition coefficient (Wildman–Crippen LogP) is 1.66. The highest BCUT2D eigenvalue weighted by Gasteiger charge is 2.29. The van der Waals surface area contributed by atoms with E-state index < -0.39 is 22.2 Å². The van der Waals surface area contributed by atoms with Crippen molar-refractivity contribution in [2.75, 3.05) is 33.4 Å². The van der Waals surface area contributed by atoms with Crippen molar-refractivity contribution < 1.29 is 32.5 Å². The van der Waals surface area contributed by atoms with E-state index in [4.69, 9.17) is 19.9 Å². The van der Waals surface area contributed by atoms with Gasteiger partial charge in [0.25, 0.3) is 5.91 Å². The molecule has 2 heterocycles. The SMILES string of the molecule is COc1ccc(S(=O)(=O)N(CCO)CCO[C@H]2C[C@@H](c3ccsc3)C=C(C(N)=O)O2)cc1. The Bertz CT molecular complexity index is 1020. The van der Waals surface area contributed by atoms with Crippen molar-refractivity contribution in [1.82, 2.24) is 4.31 Å². The van der Waals surface area contributed by atoms with Crippen LogP contribution in [0.15, 0.2) is 57.8 Å². The number of primary amides is 1. The molecule has 0 unspecified atom stereocenters. The molecule has 2 atom stereocenters. The van der Waals surface area contributed by atoms with E-state index in [1.807, 2.05) is 16.8 Å². The van der Waals surface area contributed by atoms with Crippen LogP contribution in [-0.4, -0.2) is 63.4 Å². The summed E-state index contributed by atoms with van der Waals surface area (Å²) < 4.78 is 43.5. The summed E-state index contributed by atoms with van der Waals surface area (Å²) in [6, 6.07) is 7.95. The summed E-state index contributed by atoms with van der Waals surface area (Å²) in [4.78, 5) is 11.7. The number of carbonyl (C=O) groups excluding carboxylic acids is 1. The molecule has 0 aliphatic carbocycles. The number of ether oxygens (including phenoxy) is 3. The first kappa shape index (κ1) is 24.2. The number of hydrogen-bond donors (Lipinski definition) is 2. The summed E-state index contributed by atoms with van der Waals surface area (Å²) in [7, 11) is -2.35. The standard InChI is InChI=1S/C21H26N2O7S2/c1-28-17-2-4-18(5-3-17)32(26,27)23(7-9-24)8-10-29-20-13-16(15-6-11-31-14-15)12-19(30-20)21(22)25/h2-6,11-12,14,16,20,24H,7-10,13H2,1H3,(H2,22,25)/t16-,20+/m0/s1. The highest BCUT2D eigenvalue weighted by atomic mass is 32.2. The molecule has 3 rings (SSSR count). The van der Waals surface area contributed by atoms with Crippen molar-refractivity contribution >= 4 is 27.3 Å². The van der Waals surface area contributed by atoms with E-state index in [9.17, 15) is 18.3 Å². The molecule has 9 nitrogen and oxygen atoms in total. The van der Waals surface area contributed by atoms with Crippen LogP contribution >= 0.6 is 11.3 Å². The van der Waals surface area contributed by atoms with Crippen molar-refractivity contribution in [1.29, 1.82) is 0 Å². The molecule has 0 bridgehead atoms. The normalized spacial score (nSPS) is 18.8. The first-order chi connectivity index (χ1) is 15.3. The number of aliphatic hydroxyl groups is 1. The Hall–Kier alpha value is -2.44. The van der Waals surface area contributed by atoms with E-state index in [-0.39, 0.29) is 42.9 Å². The van der Waals surface area contributed by atoms with Crippen LogP contribution in [0.1, 0.15) is 17.9 Å². The number of benzene rings is 1. The van der Waals surface area contributed by atoms with Gasteiger partial charge in [0.15, 0.2) is 5.76 Å². The number of nitrogens with zero attached hydrogens (tertiary/aromatic N) is 1. The molecule has 1 aliphatic heterocycles. The lowest BCUT2D eigenvalue weighted by Crippen LogP contribution is -2.38. The molecule has 0 saturated heterocycles. The second-order valence-electron chi connectivity index (χ2n) is 7.02. The molecule has 0 radical (unpaired) electrons. The maximum Gasteiger partial charge on any atom is 0.283 e. The molecule has 1 amide bonds. The number of allylic oxidation sites excluding steroid dienone is 1. The zero-order valence-corrected chi connectivity index (χ0v) is 19.2. The number of sulfonamides is 1. The predicted molar refractivity (Wildman–Crippen MR) is 119 cm³/mol. The molecular weight excluding hydrogens is 456 g/mol. The molecule has 0 saturated carbocycles. The number of methoxy groups -OCH3 is 1. The number of hydrogen-bond acceptors (Lipinski definition) is 8. The van der Waals surface area contributed by atoms with Gasteiger partial charge < -0.3 is 25.1 Å². The van der Waals surface area contributed by atoms with Gasteiger partial charge in [-0.25, -0.2) is 8.42 Å². The lowest BCUT2D eigenvalue weighted by Gasteiger charge is -2.29. The molecule has 1 aromatic heterocycles. The highest BCUT2D eigenvalue weighted by molar-refractivity contribution is 7.89. The zero-order valence-electron chi connectivity index (χ0n) is 17.5. The summed E-state index contributed by atoms with van der Waals surface area (Å²) in [5.41, 5.74) is 6.42. The molecule has 2 aromatic rings. The second-order valence-corrected chi connectivity index (χ2v) is 9.73. The van der Waals surface area contributed by atoms with Gasteiger partial charge in [-0.1, -0.05) is 0 Å². The minimum atomic E-state index is -3.85. The maximum atomic E-state index is 13.0. The van der Waals surface area contributed by atoms with Crippen LogP contribution in [-0.2, 0) is 24.3 Å². The molecule has 1 aromatic carbocycles. The summed E-state index contributed by atoms with van der Waals surface area (Å²) in [5, 5.41) is 13.3. The average Bonchev–Trinajstić information content (AvgIpc) is 3.33. The van der Waals surface area contributed by atoms with Gasteiger partial charge in [-0.3, -0.25) is 4.79 Å². The van der Waals surface area contributed by atoms with E-state index in [1.165, 1.54) is 19.2 Å². The molecule has 3 N–H and O–H groups in total. The molecular formula is C21H26N2O7S2. The average molecular weight is 483 g/mol. The van der Waals surface area contributed by atoms with Gasteiger partial charge in [0, 0.05) is 25.4 Å². The minimum Gasteiger partial charge on any atom is -0.497 e. The van der Waals surface area contributed by atoms with E-state index in [1.54, 1.807) is 29.5 Å². The van der Waals surface area contributed by atoms with E-state index in [0.717, 1.165) is 9.87 Å². The summed E-state index contributed by atoms with van der Waals surface area (Å²) >= 11 is 1.54. The lowest BCUT2D eigenvalue weighted by molar-refractivity contribution is -0.144. The van der Waals surface area contributed by atoms with Gasteiger partial charge in [-0.15, -0.1) is 0 Å². The molecule has 1 aliphatic rings. The number of amides is 1. The van der Waals surface area contributed by atoms with Gasteiger partial charge in [-0.2, -0.15) is 15.6 Å². The Kier molecular flexibility index (Phi) is 8.26. The molecule has 0 fully saturated rings. The Morgan fingerprint density at radius 1 is 1.28 bits per heavy atom. The van der Waals surface area contributed by atoms with E-state index in [0.29, 0.717) is 12.2 Å². The van der Waals surface area contributed by atoms with E-state index in [2.05, 4.69) is 0 Å². The Morgan fingerprint density at radius 3 is 2.62 bits per heavy atom. The number of nitrogens with two attached hydrogens (primary N) is 1. The lowest BCUT2D eigenvalue weighted by atomic mass is 9.95. The highest BCUT2D eigenvalue weighted by Crippen LogP contribution is 2.32. The van der Waals surface area contributed by atoms with Crippen LogP contribution in [0.4, 0.5) is 0 Å². The maximum absolute atomic E-state index is 13.0. The molecule has 32 heavy (non-hydrogen) atoms. The Labute approximate surface area is 191 Å². The minimum absolute atomic E-state index is 0.00243. The molecule has 11 heteroatoms. The summed E-state index contributed by atoms with van der Waals surface area (Å²) in [5.74, 6) is -0.231. The van der Waals surface area contributed by atoms with Crippen LogP contribution in [0.5, 0.6) is 5.75 Å². The van der Waals surface area contributed by atoms with Crippen molar-refractivity contribution in [2.45, 2.75) is 23.5 Å². The first-order valence-electron chi connectivity index (χ1n) is 9.92. The topological polar surface area (TPSA) is 128 Å². The molecule has 174 valence electrons. The van der Waals surface area contributed by atoms with Crippen molar-refractivity contribution in [3.63, 3.8) is 0 Å². The van der Waals surface area contributed by atoms with Crippen LogP contribution in [0.3, 0.4) is 0 Å². The van der Waals surface area contributed by atoms with Gasteiger partial charge in [0.1, 0.15) is 5.75 Å². The molecule has 0 spiro atoms. The van der Waals surface area contributed by atoms with Crippen molar-refractivity contribution in [2.24, 2.45) is 5.73 Å². The Morgan fingerprint density at radius 2 is 2.03 bits per heavy atom. The first-order valence-corrected chi connectivity index (χ1v) is 12.3. The van der Waals surface area contributed by atoms with Crippen molar-refractivity contribution in [3.8, 4) is 5.75 Å². The third kappa shape index (κ3) is 5.87. The second kappa shape index (κ2) is 10.9. The monoisotopic (exact) mass is 482 g/mol. The summed E-state index contributed by atoms with van der Waals surface area (Å²) in [6.07, 6.45) is 1.38. The quantitative estimate of drug-likeness (QED) is 0.498. The van der Waals surface area contributed by atoms with E-state index >= 15 is 0 Å². The van der Waals surface area contributed by atoms with Gasteiger partial charge in [0.05, 0.1) is 25.2 Å². The van der Waals surface area contributed by atoms with Crippen LogP contribution in [0.2, 0.25) is 0 Å². The van der Waals surface area contributed by atoms with Crippen LogP contribution < -0.4 is 10.5 Å². The fraction of sp³-hybridized carbons (Fsp3) is 0.381. The largest absolute Gasteiger partial charge is 0.497 e. The zero-order chi connectivity index (χ0) is 23.1. The smallest absolute Gasteiger partial charge is 0.283 e. The fourth-order valence-electron chi connectivity index (χ4n) is 3.29. The third-order valence-corrected chi connectivity index (χ3v) is 7.58. The van der Waals surface area contributed by atoms with Gasteiger partial charge in [-0.05, 0) is 52.7 Å². The van der Waals surface area contributed by atoms with Crippen LogP contribution in [0, 0.1) is 0 Å². The number of aliphatic hydroxyl groups excluding tert-OH is 1. The third-order valence-electron chi connectivity index (χ3n) is 4.96.